The summed E-state index contributed by atoms with van der Waals surface area (Å²) in [7, 11) is -1.46. The second-order valence-electron chi connectivity index (χ2n) is 7.93. The second-order valence-corrected chi connectivity index (χ2v) is 12.9. The number of rotatable bonds is 1. The molecule has 0 aliphatic heterocycles. The Morgan fingerprint density at radius 1 is 0.600 bits per heavy atom. The monoisotopic (exact) mass is 340 g/mol. The predicted molar refractivity (Wildman–Crippen MR) is 112 cm³/mol. The first-order valence-corrected chi connectivity index (χ1v) is 12.3. The van der Waals surface area contributed by atoms with E-state index < -0.39 is 8.07 Å². The molecule has 0 aliphatic carbocycles. The molecular weight excluding hydrogens is 320 g/mol. The third kappa shape index (κ3) is 2.21. The average molecular weight is 340 g/mol. The van der Waals surface area contributed by atoms with Crippen molar-refractivity contribution in [2.45, 2.75) is 19.6 Å². The van der Waals surface area contributed by atoms with Gasteiger partial charge in [0.2, 0.25) is 0 Å². The van der Waals surface area contributed by atoms with E-state index in [9.17, 15) is 0 Å². The Morgan fingerprint density at radius 3 is 2.04 bits per heavy atom. The highest BCUT2D eigenvalue weighted by atomic mass is 28.3. The fourth-order valence-corrected chi connectivity index (χ4v) is 4.69. The Hall–Kier alpha value is -2.58. The van der Waals surface area contributed by atoms with Crippen LogP contribution < -0.4 is 5.38 Å². The molecule has 0 saturated heterocycles. The van der Waals surface area contributed by atoms with Crippen molar-refractivity contribution in [3.8, 4) is 0 Å². The van der Waals surface area contributed by atoms with Crippen LogP contribution in [0.4, 0.5) is 0 Å². The maximum atomic E-state index is 6.34. The van der Waals surface area contributed by atoms with Gasteiger partial charge in [-0.3, -0.25) is 0 Å². The first kappa shape index (κ1) is 14.7. The minimum atomic E-state index is -1.46. The van der Waals surface area contributed by atoms with Crippen molar-refractivity contribution in [2.75, 3.05) is 0 Å². The van der Waals surface area contributed by atoms with Crippen LogP contribution in [0.1, 0.15) is 0 Å². The number of furan rings is 1. The zero-order valence-corrected chi connectivity index (χ0v) is 15.8. The molecule has 0 unspecified atom stereocenters. The molecule has 1 heterocycles. The lowest BCUT2D eigenvalue weighted by Crippen LogP contribution is -2.36. The zero-order chi connectivity index (χ0) is 17.2. The summed E-state index contributed by atoms with van der Waals surface area (Å²) < 4.78 is 6.34. The van der Waals surface area contributed by atoms with Gasteiger partial charge in [0.1, 0.15) is 13.7 Å². The Morgan fingerprint density at radius 2 is 1.28 bits per heavy atom. The first-order valence-electron chi connectivity index (χ1n) is 8.79. The second kappa shape index (κ2) is 4.96. The smallest absolute Gasteiger partial charge is 0.141 e. The molecule has 122 valence electrons. The normalized spacial score (nSPS) is 12.6. The van der Waals surface area contributed by atoms with Gasteiger partial charge in [-0.05, 0) is 51.2 Å². The molecule has 25 heavy (non-hydrogen) atoms. The maximum Gasteiger partial charge on any atom is 0.141 e. The first-order chi connectivity index (χ1) is 12.0. The van der Waals surface area contributed by atoms with E-state index in [1.165, 1.54) is 43.1 Å². The van der Waals surface area contributed by atoms with Gasteiger partial charge >= 0.3 is 0 Å². The molecule has 0 aliphatic rings. The lowest BCUT2D eigenvalue weighted by Gasteiger charge is -2.10. The van der Waals surface area contributed by atoms with Crippen molar-refractivity contribution in [1.82, 2.24) is 0 Å². The number of hydrogen-bond donors (Lipinski definition) is 0. The van der Waals surface area contributed by atoms with Crippen LogP contribution in [-0.2, 0) is 0 Å². The summed E-state index contributed by atoms with van der Waals surface area (Å²) in [5.41, 5.74) is 1.03. The molecule has 0 fully saturated rings. The van der Waals surface area contributed by atoms with Gasteiger partial charge in [0.15, 0.2) is 0 Å². The van der Waals surface area contributed by atoms with Gasteiger partial charge in [-0.25, -0.2) is 0 Å². The number of fused-ring (bicyclic) bond motifs is 6. The molecule has 0 radical (unpaired) electrons. The third-order valence-corrected chi connectivity index (χ3v) is 6.83. The molecule has 1 aromatic heterocycles. The van der Waals surface area contributed by atoms with E-state index >= 15 is 0 Å². The van der Waals surface area contributed by atoms with Crippen molar-refractivity contribution >= 4 is 56.7 Å². The van der Waals surface area contributed by atoms with Gasteiger partial charge in [-0.15, -0.1) is 0 Å². The maximum absolute atomic E-state index is 6.34. The summed E-state index contributed by atoms with van der Waals surface area (Å²) in [5, 5.41) is 10.0. The van der Waals surface area contributed by atoms with E-state index in [4.69, 9.17) is 4.42 Å². The van der Waals surface area contributed by atoms with Crippen LogP contribution in [0.5, 0.6) is 0 Å². The Kier molecular flexibility index (Phi) is 2.92. The van der Waals surface area contributed by atoms with E-state index in [1.807, 2.05) is 0 Å². The van der Waals surface area contributed by atoms with Crippen LogP contribution in [0.25, 0.3) is 43.3 Å². The zero-order valence-electron chi connectivity index (χ0n) is 14.8. The van der Waals surface area contributed by atoms with Crippen molar-refractivity contribution < 1.29 is 4.42 Å². The van der Waals surface area contributed by atoms with Crippen LogP contribution in [0, 0.1) is 0 Å². The molecule has 4 aromatic carbocycles. The highest BCUT2D eigenvalue weighted by Crippen LogP contribution is 2.33. The minimum absolute atomic E-state index is 1.03. The van der Waals surface area contributed by atoms with Crippen molar-refractivity contribution in [3.05, 3.63) is 66.7 Å². The quantitative estimate of drug-likeness (QED) is 0.194. The Balaban J connectivity index is 1.90. The molecule has 0 N–H and O–H groups in total. The topological polar surface area (TPSA) is 13.1 Å². The van der Waals surface area contributed by atoms with E-state index in [2.05, 4.69) is 86.4 Å². The summed E-state index contributed by atoms with van der Waals surface area (Å²) in [5.74, 6) is 0. The Labute approximate surface area is 147 Å². The fourth-order valence-electron chi connectivity index (χ4n) is 3.70. The van der Waals surface area contributed by atoms with Crippen LogP contribution in [-0.4, -0.2) is 8.07 Å². The van der Waals surface area contributed by atoms with Gasteiger partial charge in [0.25, 0.3) is 0 Å². The molecule has 5 rings (SSSR count). The lowest BCUT2D eigenvalue weighted by atomic mass is 9.97. The summed E-state index contributed by atoms with van der Waals surface area (Å²) in [6.45, 7) is 6.98. The van der Waals surface area contributed by atoms with Crippen molar-refractivity contribution in [2.24, 2.45) is 0 Å². The molecule has 0 spiro atoms. The number of benzene rings is 4. The minimum Gasteiger partial charge on any atom is -0.466 e. The van der Waals surface area contributed by atoms with Crippen LogP contribution in [0.3, 0.4) is 0 Å². The molecule has 2 heteroatoms. The predicted octanol–water partition coefficient (Wildman–Crippen LogP) is 6.44. The largest absolute Gasteiger partial charge is 0.466 e. The molecular formula is C23H20OSi. The van der Waals surface area contributed by atoms with E-state index in [0.717, 1.165) is 5.58 Å². The highest BCUT2D eigenvalue weighted by Gasteiger charge is 2.22. The van der Waals surface area contributed by atoms with Crippen molar-refractivity contribution in [3.63, 3.8) is 0 Å². The van der Waals surface area contributed by atoms with Crippen LogP contribution in [0.15, 0.2) is 71.1 Å². The van der Waals surface area contributed by atoms with Gasteiger partial charge in [-0.2, -0.15) is 0 Å². The average Bonchev–Trinajstić information content (AvgIpc) is 3.04. The summed E-state index contributed by atoms with van der Waals surface area (Å²) in [4.78, 5) is 0. The van der Waals surface area contributed by atoms with Crippen LogP contribution >= 0.6 is 0 Å². The molecule has 1 nitrogen and oxygen atoms in total. The fraction of sp³-hybridized carbons (Fsp3) is 0.130. The number of hydrogen-bond acceptors (Lipinski definition) is 1. The SMILES string of the molecule is C[Si](C)(C)c1cc2ccc3c4cc5ccccc5cc4ccc3c2o1. The molecule has 0 atom stereocenters. The highest BCUT2D eigenvalue weighted by molar-refractivity contribution is 6.87. The van der Waals surface area contributed by atoms with E-state index in [-0.39, 0.29) is 0 Å². The van der Waals surface area contributed by atoms with Crippen LogP contribution in [0.2, 0.25) is 19.6 Å². The van der Waals surface area contributed by atoms with Gasteiger partial charge in [-0.1, -0.05) is 62.1 Å². The summed E-state index contributed by atoms with van der Waals surface area (Å²) in [6.07, 6.45) is 0. The van der Waals surface area contributed by atoms with E-state index in [1.54, 1.807) is 0 Å². The molecule has 0 saturated carbocycles. The third-order valence-electron chi connectivity index (χ3n) is 5.10. The summed E-state index contributed by atoms with van der Waals surface area (Å²) >= 11 is 0. The lowest BCUT2D eigenvalue weighted by molar-refractivity contribution is 0.652. The van der Waals surface area contributed by atoms with Crippen molar-refractivity contribution in [1.29, 1.82) is 0 Å². The summed E-state index contributed by atoms with van der Waals surface area (Å²) in [6, 6.07) is 24.3. The molecule has 5 aromatic rings. The van der Waals surface area contributed by atoms with Gasteiger partial charge in [0.05, 0.1) is 5.38 Å². The van der Waals surface area contributed by atoms with Gasteiger partial charge < -0.3 is 4.42 Å². The standard InChI is InChI=1S/C23H20OSi/c1-25(2,3)22-14-18-9-10-19-20(23(18)24-22)11-8-17-12-15-6-4-5-7-16(15)13-21(17)19/h4-14H,1-3H3. The molecule has 0 amide bonds. The van der Waals surface area contributed by atoms with E-state index in [0.29, 0.717) is 0 Å². The molecule has 0 bridgehead atoms. The Bertz CT molecular complexity index is 1270. The van der Waals surface area contributed by atoms with Gasteiger partial charge in [0, 0.05) is 10.8 Å².